The predicted molar refractivity (Wildman–Crippen MR) is 67.3 cm³/mol. The molecule has 1 amide bonds. The summed E-state index contributed by atoms with van der Waals surface area (Å²) in [7, 11) is 0. The molecule has 18 heavy (non-hydrogen) atoms. The summed E-state index contributed by atoms with van der Waals surface area (Å²) in [5, 5.41) is 13.9. The number of amides is 1. The van der Waals surface area contributed by atoms with Crippen LogP contribution in [0.1, 0.15) is 31.7 Å². The van der Waals surface area contributed by atoms with Gasteiger partial charge >= 0.3 is 5.97 Å². The number of nitrogens with zero attached hydrogens (tertiary/aromatic N) is 1. The third-order valence-corrected chi connectivity index (χ3v) is 3.04. The molecular weight excluding hydrogens is 254 g/mol. The zero-order valence-corrected chi connectivity index (χ0v) is 10.6. The molecule has 7 heteroatoms. The van der Waals surface area contributed by atoms with Crippen molar-refractivity contribution >= 4 is 28.9 Å². The number of carboxylic acids is 1. The Labute approximate surface area is 107 Å². The Bertz CT molecular complexity index is 615. The van der Waals surface area contributed by atoms with E-state index in [0.717, 1.165) is 5.01 Å². The van der Waals surface area contributed by atoms with Crippen LogP contribution in [0, 0.1) is 13.8 Å². The Morgan fingerprint density at radius 2 is 2.17 bits per heavy atom. The number of anilines is 1. The monoisotopic (exact) mass is 265 g/mol. The molecule has 2 rings (SSSR count). The Morgan fingerprint density at radius 3 is 2.72 bits per heavy atom. The molecule has 3 N–H and O–H groups in total. The van der Waals surface area contributed by atoms with E-state index >= 15 is 0 Å². The molecule has 0 unspecified atom stereocenters. The van der Waals surface area contributed by atoms with Crippen molar-refractivity contribution in [1.82, 2.24) is 9.97 Å². The SMILES string of the molecule is Cc1cc(NC(=O)c2csc(C)n2)c(C(=O)O)[nH]1. The van der Waals surface area contributed by atoms with Crippen molar-refractivity contribution in [2.45, 2.75) is 13.8 Å². The molecule has 0 saturated carbocycles. The predicted octanol–water partition coefficient (Wildman–Crippen LogP) is 2.04. The smallest absolute Gasteiger partial charge is 0.354 e. The number of hydrogen-bond donors (Lipinski definition) is 3. The molecule has 0 spiro atoms. The number of aromatic nitrogens is 2. The zero-order valence-electron chi connectivity index (χ0n) is 9.77. The van der Waals surface area contributed by atoms with Crippen molar-refractivity contribution in [3.8, 4) is 0 Å². The molecule has 2 aromatic rings. The first-order chi connectivity index (χ1) is 8.47. The lowest BCUT2D eigenvalue weighted by Crippen LogP contribution is -2.14. The molecule has 6 nitrogen and oxygen atoms in total. The lowest BCUT2D eigenvalue weighted by Gasteiger charge is -2.01. The second-order valence-corrected chi connectivity index (χ2v) is 4.81. The van der Waals surface area contributed by atoms with E-state index in [1.165, 1.54) is 11.3 Å². The molecule has 0 aromatic carbocycles. The van der Waals surface area contributed by atoms with Gasteiger partial charge in [-0.25, -0.2) is 9.78 Å². The number of aromatic carboxylic acids is 1. The van der Waals surface area contributed by atoms with Crippen molar-refractivity contribution in [3.63, 3.8) is 0 Å². The van der Waals surface area contributed by atoms with Crippen molar-refractivity contribution in [3.05, 3.63) is 33.5 Å². The highest BCUT2D eigenvalue weighted by Crippen LogP contribution is 2.18. The van der Waals surface area contributed by atoms with Gasteiger partial charge in [0.2, 0.25) is 0 Å². The van der Waals surface area contributed by atoms with Crippen LogP contribution in [-0.2, 0) is 0 Å². The standard InChI is InChI=1S/C11H11N3O3S/c1-5-3-7(9(12-5)11(16)17)14-10(15)8-4-18-6(2)13-8/h3-4,12H,1-2H3,(H,14,15)(H,16,17). The van der Waals surface area contributed by atoms with E-state index in [1.807, 2.05) is 0 Å². The summed E-state index contributed by atoms with van der Waals surface area (Å²) in [6, 6.07) is 1.57. The van der Waals surface area contributed by atoms with Gasteiger partial charge in [0.1, 0.15) is 11.4 Å². The summed E-state index contributed by atoms with van der Waals surface area (Å²) >= 11 is 1.36. The molecule has 0 atom stereocenters. The number of carbonyl (C=O) groups is 2. The van der Waals surface area contributed by atoms with E-state index in [0.29, 0.717) is 5.69 Å². The second-order valence-electron chi connectivity index (χ2n) is 3.75. The maximum Gasteiger partial charge on any atom is 0.354 e. The lowest BCUT2D eigenvalue weighted by molar-refractivity contribution is 0.0692. The van der Waals surface area contributed by atoms with E-state index in [9.17, 15) is 9.59 Å². The Morgan fingerprint density at radius 1 is 1.44 bits per heavy atom. The summed E-state index contributed by atoms with van der Waals surface area (Å²) < 4.78 is 0. The molecule has 0 fully saturated rings. The molecule has 0 bridgehead atoms. The van der Waals surface area contributed by atoms with Gasteiger partial charge in [-0.05, 0) is 19.9 Å². The fourth-order valence-electron chi connectivity index (χ4n) is 1.51. The van der Waals surface area contributed by atoms with Crippen LogP contribution in [0.25, 0.3) is 0 Å². The average molecular weight is 265 g/mol. The van der Waals surface area contributed by atoms with Crippen molar-refractivity contribution in [2.24, 2.45) is 0 Å². The summed E-state index contributed by atoms with van der Waals surface area (Å²) in [5.41, 5.74) is 1.16. The van der Waals surface area contributed by atoms with Crippen LogP contribution in [0.2, 0.25) is 0 Å². The number of aromatic amines is 1. The zero-order chi connectivity index (χ0) is 13.3. The summed E-state index contributed by atoms with van der Waals surface area (Å²) in [6.45, 7) is 3.51. The van der Waals surface area contributed by atoms with Crippen LogP contribution < -0.4 is 5.32 Å². The van der Waals surface area contributed by atoms with Crippen molar-refractivity contribution < 1.29 is 14.7 Å². The lowest BCUT2D eigenvalue weighted by atomic mass is 10.3. The third kappa shape index (κ3) is 2.40. The number of aryl methyl sites for hydroxylation is 2. The number of rotatable bonds is 3. The topological polar surface area (TPSA) is 95.1 Å². The van der Waals surface area contributed by atoms with Crippen LogP contribution >= 0.6 is 11.3 Å². The van der Waals surface area contributed by atoms with E-state index < -0.39 is 11.9 Å². The molecule has 2 heterocycles. The fourth-order valence-corrected chi connectivity index (χ4v) is 2.10. The van der Waals surface area contributed by atoms with Crippen LogP contribution in [0.4, 0.5) is 5.69 Å². The van der Waals surface area contributed by atoms with Gasteiger partial charge in [0.05, 0.1) is 10.7 Å². The van der Waals surface area contributed by atoms with Gasteiger partial charge in [-0.15, -0.1) is 11.3 Å². The van der Waals surface area contributed by atoms with Gasteiger partial charge in [-0.3, -0.25) is 4.79 Å². The first kappa shape index (κ1) is 12.3. The van der Waals surface area contributed by atoms with Crippen LogP contribution in [0.15, 0.2) is 11.4 Å². The first-order valence-electron chi connectivity index (χ1n) is 5.13. The minimum Gasteiger partial charge on any atom is -0.477 e. The Hall–Kier alpha value is -2.15. The van der Waals surface area contributed by atoms with Gasteiger partial charge < -0.3 is 15.4 Å². The number of carboxylic acid groups (broad SMARTS) is 1. The number of nitrogens with one attached hydrogen (secondary N) is 2. The fraction of sp³-hybridized carbons (Fsp3) is 0.182. The number of carbonyl (C=O) groups excluding carboxylic acids is 1. The highest BCUT2D eigenvalue weighted by atomic mass is 32.1. The third-order valence-electron chi connectivity index (χ3n) is 2.27. The average Bonchev–Trinajstić information content (AvgIpc) is 2.85. The molecule has 94 valence electrons. The number of hydrogen-bond acceptors (Lipinski definition) is 4. The second kappa shape index (κ2) is 4.61. The maximum atomic E-state index is 11.8. The van der Waals surface area contributed by atoms with Crippen molar-refractivity contribution in [2.75, 3.05) is 5.32 Å². The van der Waals surface area contributed by atoms with Gasteiger partial charge in [0.25, 0.3) is 5.91 Å². The maximum absolute atomic E-state index is 11.8. The number of H-pyrrole nitrogens is 1. The van der Waals surface area contributed by atoms with E-state index in [2.05, 4.69) is 15.3 Å². The highest BCUT2D eigenvalue weighted by molar-refractivity contribution is 7.09. The summed E-state index contributed by atoms with van der Waals surface area (Å²) in [4.78, 5) is 29.5. The molecule has 0 aliphatic carbocycles. The minimum absolute atomic E-state index is 0.0344. The van der Waals surface area contributed by atoms with E-state index in [4.69, 9.17) is 5.11 Å². The Balaban J connectivity index is 2.24. The molecule has 0 aliphatic heterocycles. The molecule has 0 aliphatic rings. The normalized spacial score (nSPS) is 10.3. The van der Waals surface area contributed by atoms with Gasteiger partial charge in [-0.1, -0.05) is 0 Å². The minimum atomic E-state index is -1.12. The van der Waals surface area contributed by atoms with Crippen LogP contribution in [0.3, 0.4) is 0 Å². The molecule has 2 aromatic heterocycles. The summed E-state index contributed by atoms with van der Waals surface area (Å²) in [5.74, 6) is -1.53. The van der Waals surface area contributed by atoms with E-state index in [1.54, 1.807) is 25.3 Å². The van der Waals surface area contributed by atoms with Crippen LogP contribution in [0.5, 0.6) is 0 Å². The largest absolute Gasteiger partial charge is 0.477 e. The summed E-state index contributed by atoms with van der Waals surface area (Å²) in [6.07, 6.45) is 0. The van der Waals surface area contributed by atoms with Crippen molar-refractivity contribution in [1.29, 1.82) is 0 Å². The Kier molecular flexibility index (Phi) is 3.15. The van der Waals surface area contributed by atoms with Crippen LogP contribution in [-0.4, -0.2) is 27.0 Å². The first-order valence-corrected chi connectivity index (χ1v) is 6.01. The molecule has 0 saturated heterocycles. The molecular formula is C11H11N3O3S. The van der Waals surface area contributed by atoms with Gasteiger partial charge in [0.15, 0.2) is 0 Å². The van der Waals surface area contributed by atoms with Gasteiger partial charge in [0, 0.05) is 11.1 Å². The molecule has 0 radical (unpaired) electrons. The number of thiazole rings is 1. The quantitative estimate of drug-likeness (QED) is 0.791. The van der Waals surface area contributed by atoms with Gasteiger partial charge in [-0.2, -0.15) is 0 Å². The highest BCUT2D eigenvalue weighted by Gasteiger charge is 2.17. The van der Waals surface area contributed by atoms with E-state index in [-0.39, 0.29) is 17.1 Å².